The van der Waals surface area contributed by atoms with Crippen LogP contribution in [0.25, 0.3) is 0 Å². The number of fused-ring (bicyclic) bond motifs is 2. The van der Waals surface area contributed by atoms with E-state index >= 15 is 0 Å². The fourth-order valence-electron chi connectivity index (χ4n) is 4.58. The molecule has 9 nitrogen and oxygen atoms in total. The Bertz CT molecular complexity index is 1080. The maximum absolute atomic E-state index is 13.0. The standard InChI is InChI=1S/C25H26N2O7S/c1-3-35-25-19(26-27-22(29)16-11-7-8-12-17(16)23(27)30)21(32-14(2)28)20-18(33-25)13-31-24(34-20)15-9-5-4-6-10-15/h4-12,18-21,24-26H,3,13H2,1-2H3/t18-,19-,20-,21-,24?,25+/m1/s1. The molecule has 10 heteroatoms. The maximum atomic E-state index is 13.0. The highest BCUT2D eigenvalue weighted by Gasteiger charge is 2.53. The Morgan fingerprint density at radius 3 is 2.34 bits per heavy atom. The van der Waals surface area contributed by atoms with Crippen molar-refractivity contribution in [2.45, 2.75) is 49.9 Å². The Balaban J connectivity index is 1.45. The van der Waals surface area contributed by atoms with Crippen molar-refractivity contribution in [3.63, 3.8) is 0 Å². The zero-order valence-electron chi connectivity index (χ0n) is 19.3. The summed E-state index contributed by atoms with van der Waals surface area (Å²) >= 11 is 1.48. The second-order valence-corrected chi connectivity index (χ2v) is 9.77. The molecule has 0 spiro atoms. The molecule has 3 aliphatic heterocycles. The summed E-state index contributed by atoms with van der Waals surface area (Å²) in [5.74, 6) is -0.741. The molecule has 0 saturated carbocycles. The number of imide groups is 1. The van der Waals surface area contributed by atoms with Gasteiger partial charge in [0.2, 0.25) is 0 Å². The summed E-state index contributed by atoms with van der Waals surface area (Å²) in [6.45, 7) is 3.53. The van der Waals surface area contributed by atoms with E-state index in [9.17, 15) is 14.4 Å². The molecule has 2 aromatic carbocycles. The average Bonchev–Trinajstić information content (AvgIpc) is 3.11. The molecule has 3 heterocycles. The predicted molar refractivity (Wildman–Crippen MR) is 126 cm³/mol. The third-order valence-corrected chi connectivity index (χ3v) is 7.18. The lowest BCUT2D eigenvalue weighted by atomic mass is 9.96. The summed E-state index contributed by atoms with van der Waals surface area (Å²) in [4.78, 5) is 38.2. The molecule has 0 radical (unpaired) electrons. The van der Waals surface area contributed by atoms with Crippen LogP contribution in [-0.2, 0) is 23.7 Å². The molecule has 1 unspecified atom stereocenters. The van der Waals surface area contributed by atoms with Gasteiger partial charge in [0, 0.05) is 12.5 Å². The van der Waals surface area contributed by atoms with Crippen LogP contribution >= 0.6 is 11.8 Å². The highest BCUT2D eigenvalue weighted by molar-refractivity contribution is 7.99. The van der Waals surface area contributed by atoms with Crippen molar-refractivity contribution >= 4 is 29.5 Å². The first-order valence-electron chi connectivity index (χ1n) is 11.5. The molecule has 184 valence electrons. The minimum Gasteiger partial charge on any atom is -0.458 e. The number of carbonyl (C=O) groups excluding carboxylic acids is 3. The Hall–Kier alpha value is -2.76. The van der Waals surface area contributed by atoms with Crippen LogP contribution < -0.4 is 5.43 Å². The van der Waals surface area contributed by atoms with E-state index in [4.69, 9.17) is 18.9 Å². The molecule has 0 aliphatic carbocycles. The van der Waals surface area contributed by atoms with Gasteiger partial charge in [-0.3, -0.25) is 14.4 Å². The summed E-state index contributed by atoms with van der Waals surface area (Å²) in [6.07, 6.45) is -2.69. The second-order valence-electron chi connectivity index (χ2n) is 8.40. The molecular formula is C25H26N2O7S. The van der Waals surface area contributed by atoms with E-state index in [-0.39, 0.29) is 6.61 Å². The van der Waals surface area contributed by atoms with Gasteiger partial charge in [-0.05, 0) is 17.9 Å². The van der Waals surface area contributed by atoms with E-state index in [0.29, 0.717) is 16.9 Å². The molecule has 2 saturated heterocycles. The summed E-state index contributed by atoms with van der Waals surface area (Å²) in [6, 6.07) is 15.3. The van der Waals surface area contributed by atoms with Crippen LogP contribution in [0.15, 0.2) is 54.6 Å². The van der Waals surface area contributed by atoms with Gasteiger partial charge in [0.25, 0.3) is 11.8 Å². The van der Waals surface area contributed by atoms with E-state index in [1.165, 1.54) is 18.7 Å². The topological polar surface area (TPSA) is 103 Å². The molecule has 2 amide bonds. The van der Waals surface area contributed by atoms with Crippen molar-refractivity contribution in [3.8, 4) is 0 Å². The lowest BCUT2D eigenvalue weighted by Crippen LogP contribution is -2.68. The lowest BCUT2D eigenvalue weighted by molar-refractivity contribution is -0.309. The van der Waals surface area contributed by atoms with Gasteiger partial charge < -0.3 is 18.9 Å². The number of ether oxygens (including phenoxy) is 4. The minimum absolute atomic E-state index is 0.239. The zero-order chi connectivity index (χ0) is 24.5. The predicted octanol–water partition coefficient (Wildman–Crippen LogP) is 2.68. The molecule has 5 rings (SSSR count). The van der Waals surface area contributed by atoms with Crippen LogP contribution in [0.2, 0.25) is 0 Å². The van der Waals surface area contributed by atoms with Gasteiger partial charge in [0.05, 0.1) is 17.7 Å². The van der Waals surface area contributed by atoms with Crippen molar-refractivity contribution in [1.29, 1.82) is 0 Å². The Morgan fingerprint density at radius 1 is 1.06 bits per heavy atom. The summed E-state index contributed by atoms with van der Waals surface area (Å²) in [7, 11) is 0. The number of hydrogen-bond acceptors (Lipinski definition) is 9. The van der Waals surface area contributed by atoms with E-state index < -0.39 is 53.9 Å². The summed E-state index contributed by atoms with van der Waals surface area (Å²) < 4.78 is 24.3. The largest absolute Gasteiger partial charge is 0.458 e. The van der Waals surface area contributed by atoms with Crippen molar-refractivity contribution in [2.75, 3.05) is 12.4 Å². The van der Waals surface area contributed by atoms with E-state index in [1.807, 2.05) is 37.3 Å². The number of nitrogens with one attached hydrogen (secondary N) is 1. The molecule has 35 heavy (non-hydrogen) atoms. The van der Waals surface area contributed by atoms with Crippen molar-refractivity contribution in [1.82, 2.24) is 10.4 Å². The molecule has 0 bridgehead atoms. The highest BCUT2D eigenvalue weighted by Crippen LogP contribution is 2.38. The molecule has 6 atom stereocenters. The first-order valence-corrected chi connectivity index (χ1v) is 12.5. The van der Waals surface area contributed by atoms with Gasteiger partial charge in [-0.25, -0.2) is 10.4 Å². The van der Waals surface area contributed by atoms with Crippen molar-refractivity contribution < 1.29 is 33.3 Å². The third kappa shape index (κ3) is 4.60. The van der Waals surface area contributed by atoms with Crippen molar-refractivity contribution in [3.05, 3.63) is 71.3 Å². The highest BCUT2D eigenvalue weighted by atomic mass is 32.2. The van der Waals surface area contributed by atoms with E-state index in [2.05, 4.69) is 5.43 Å². The fourth-order valence-corrected chi connectivity index (χ4v) is 5.56. The number of rotatable bonds is 6. The van der Waals surface area contributed by atoms with E-state index in [1.54, 1.807) is 24.3 Å². The van der Waals surface area contributed by atoms with Gasteiger partial charge in [0.15, 0.2) is 12.4 Å². The third-order valence-electron chi connectivity index (χ3n) is 6.12. The number of esters is 1. The Labute approximate surface area is 207 Å². The number of hydrazine groups is 1. The molecule has 2 aromatic rings. The normalized spacial score (nSPS) is 30.1. The van der Waals surface area contributed by atoms with E-state index in [0.717, 1.165) is 10.6 Å². The Kier molecular flexibility index (Phi) is 6.90. The molecule has 2 fully saturated rings. The maximum Gasteiger partial charge on any atom is 0.303 e. The number of thioether (sulfide) groups is 1. The monoisotopic (exact) mass is 498 g/mol. The van der Waals surface area contributed by atoms with Gasteiger partial charge in [-0.1, -0.05) is 49.4 Å². The van der Waals surface area contributed by atoms with Gasteiger partial charge in [0.1, 0.15) is 23.7 Å². The zero-order valence-corrected chi connectivity index (χ0v) is 20.1. The SMILES string of the molecule is CCS[C@@H]1O[C@@H]2COC(c3ccccc3)O[C@H]2[C@H](OC(C)=O)[C@H]1NN1C(=O)c2ccccc2C1=O. The molecular weight excluding hydrogens is 472 g/mol. The molecule has 3 aliphatic rings. The summed E-state index contributed by atoms with van der Waals surface area (Å²) in [5.41, 5.74) is 3.95. The van der Waals surface area contributed by atoms with Crippen LogP contribution in [-0.4, -0.2) is 64.9 Å². The number of benzene rings is 2. The fraction of sp³-hybridized carbons (Fsp3) is 0.400. The first-order chi connectivity index (χ1) is 17.0. The second kappa shape index (κ2) is 10.1. The first kappa shape index (κ1) is 24.0. The summed E-state index contributed by atoms with van der Waals surface area (Å²) in [5, 5.41) is 0.979. The van der Waals surface area contributed by atoms with Gasteiger partial charge >= 0.3 is 5.97 Å². The van der Waals surface area contributed by atoms with Crippen LogP contribution in [0.4, 0.5) is 0 Å². The van der Waals surface area contributed by atoms with Crippen LogP contribution in [0.3, 0.4) is 0 Å². The number of nitrogens with zero attached hydrogens (tertiary/aromatic N) is 1. The van der Waals surface area contributed by atoms with Crippen LogP contribution in [0.5, 0.6) is 0 Å². The van der Waals surface area contributed by atoms with Crippen LogP contribution in [0.1, 0.15) is 46.4 Å². The van der Waals surface area contributed by atoms with Crippen LogP contribution in [0, 0.1) is 0 Å². The quantitative estimate of drug-likeness (QED) is 0.476. The molecule has 1 N–H and O–H groups in total. The Morgan fingerprint density at radius 2 is 1.71 bits per heavy atom. The van der Waals surface area contributed by atoms with Gasteiger partial charge in [-0.2, -0.15) is 0 Å². The smallest absolute Gasteiger partial charge is 0.303 e. The number of hydrogen-bond donors (Lipinski definition) is 1. The van der Waals surface area contributed by atoms with Crippen molar-refractivity contribution in [2.24, 2.45) is 0 Å². The minimum atomic E-state index is -0.838. The lowest BCUT2D eigenvalue weighted by Gasteiger charge is -2.49. The average molecular weight is 499 g/mol. The number of amides is 2. The molecule has 0 aromatic heterocycles. The number of carbonyl (C=O) groups is 3. The van der Waals surface area contributed by atoms with Gasteiger partial charge in [-0.15, -0.1) is 11.8 Å².